The summed E-state index contributed by atoms with van der Waals surface area (Å²) < 4.78 is 0. The fraction of sp³-hybridized carbons (Fsp3) is 0.538. The average Bonchev–Trinajstić information content (AvgIpc) is 2.83. The molecule has 2 rings (SSSR count). The molecule has 0 radical (unpaired) electrons. The van der Waals surface area contributed by atoms with E-state index in [0.29, 0.717) is 24.5 Å². The second-order valence-corrected chi connectivity index (χ2v) is 6.39. The van der Waals surface area contributed by atoms with Gasteiger partial charge in [-0.25, -0.2) is 0 Å². The lowest BCUT2D eigenvalue weighted by Crippen LogP contribution is -2.41. The van der Waals surface area contributed by atoms with E-state index < -0.39 is 0 Å². The zero-order valence-electron chi connectivity index (χ0n) is 11.1. The molecule has 0 spiro atoms. The molecule has 0 unspecified atom stereocenters. The van der Waals surface area contributed by atoms with Crippen molar-refractivity contribution in [2.75, 3.05) is 26.7 Å². The van der Waals surface area contributed by atoms with Gasteiger partial charge in [0.1, 0.15) is 0 Å². The van der Waals surface area contributed by atoms with Crippen LogP contribution in [0.15, 0.2) is 11.4 Å². The fourth-order valence-corrected chi connectivity index (χ4v) is 3.14. The molecule has 1 aromatic heterocycles. The van der Waals surface area contributed by atoms with Crippen LogP contribution in [0.2, 0.25) is 0 Å². The topological polar surface area (TPSA) is 49.6 Å². The van der Waals surface area contributed by atoms with Crippen molar-refractivity contribution in [2.45, 2.75) is 19.4 Å². The maximum absolute atomic E-state index is 12.1. The molecular formula is C13H19N3OS2. The summed E-state index contributed by atoms with van der Waals surface area (Å²) in [5, 5.41) is 2.13. The highest BCUT2D eigenvalue weighted by Crippen LogP contribution is 2.23. The van der Waals surface area contributed by atoms with Crippen molar-refractivity contribution in [3.63, 3.8) is 0 Å². The molecule has 0 saturated carbocycles. The number of nitrogens with two attached hydrogens (primary N) is 1. The Bertz CT molecular complexity index is 472. The Kier molecular flexibility index (Phi) is 4.90. The molecule has 1 aliphatic rings. The molecule has 0 fully saturated rings. The number of carbonyl (C=O) groups excluding carboxylic acids is 1. The summed E-state index contributed by atoms with van der Waals surface area (Å²) in [7, 11) is 1.81. The molecule has 0 saturated heterocycles. The summed E-state index contributed by atoms with van der Waals surface area (Å²) in [5.74, 6) is 0.134. The molecule has 0 bridgehead atoms. The minimum absolute atomic E-state index is 0.134. The van der Waals surface area contributed by atoms with Crippen molar-refractivity contribution in [2.24, 2.45) is 5.73 Å². The molecule has 1 aliphatic heterocycles. The third kappa shape index (κ3) is 3.99. The molecule has 0 atom stereocenters. The minimum atomic E-state index is 0.134. The quantitative estimate of drug-likeness (QED) is 0.831. The number of hydrogen-bond acceptors (Lipinski definition) is 4. The molecule has 19 heavy (non-hydrogen) atoms. The van der Waals surface area contributed by atoms with E-state index in [9.17, 15) is 4.79 Å². The highest BCUT2D eigenvalue weighted by molar-refractivity contribution is 7.80. The van der Waals surface area contributed by atoms with Gasteiger partial charge in [-0.3, -0.25) is 9.69 Å². The summed E-state index contributed by atoms with van der Waals surface area (Å²) in [4.78, 5) is 17.9. The Hall–Kier alpha value is -0.980. The molecule has 4 nitrogen and oxygen atoms in total. The number of fused-ring (bicyclic) bond motifs is 1. The van der Waals surface area contributed by atoms with E-state index in [2.05, 4.69) is 16.3 Å². The summed E-state index contributed by atoms with van der Waals surface area (Å²) in [5.41, 5.74) is 6.82. The number of amides is 1. The summed E-state index contributed by atoms with van der Waals surface area (Å²) in [6.07, 6.45) is 1.64. The molecule has 6 heteroatoms. The van der Waals surface area contributed by atoms with Gasteiger partial charge in [-0.05, 0) is 23.4 Å². The highest BCUT2D eigenvalue weighted by Gasteiger charge is 2.20. The summed E-state index contributed by atoms with van der Waals surface area (Å²) >= 11 is 6.64. The smallest absolute Gasteiger partial charge is 0.236 e. The zero-order chi connectivity index (χ0) is 13.8. The van der Waals surface area contributed by atoms with E-state index in [1.807, 2.05) is 11.3 Å². The molecular weight excluding hydrogens is 278 g/mol. The lowest BCUT2D eigenvalue weighted by atomic mass is 10.1. The number of nitrogens with zero attached hydrogens (tertiary/aromatic N) is 2. The monoisotopic (exact) mass is 297 g/mol. The van der Waals surface area contributed by atoms with Gasteiger partial charge in [-0.15, -0.1) is 11.3 Å². The van der Waals surface area contributed by atoms with Crippen molar-refractivity contribution >= 4 is 34.5 Å². The van der Waals surface area contributed by atoms with Gasteiger partial charge < -0.3 is 10.6 Å². The van der Waals surface area contributed by atoms with Crippen LogP contribution in [0.4, 0.5) is 0 Å². The molecule has 1 aromatic rings. The van der Waals surface area contributed by atoms with Gasteiger partial charge in [-0.1, -0.05) is 12.2 Å². The van der Waals surface area contributed by atoms with Crippen molar-refractivity contribution in [3.05, 3.63) is 21.9 Å². The van der Waals surface area contributed by atoms with Crippen molar-refractivity contribution in [3.8, 4) is 0 Å². The predicted octanol–water partition coefficient (Wildman–Crippen LogP) is 1.24. The van der Waals surface area contributed by atoms with Crippen molar-refractivity contribution in [1.29, 1.82) is 0 Å². The SMILES string of the molecule is CN(CCC(N)=S)C(=O)CN1CCc2sccc2C1. The van der Waals surface area contributed by atoms with E-state index in [-0.39, 0.29) is 5.91 Å². The third-order valence-corrected chi connectivity index (χ3v) is 4.59. The zero-order valence-corrected chi connectivity index (χ0v) is 12.7. The Balaban J connectivity index is 1.81. The van der Waals surface area contributed by atoms with E-state index in [0.717, 1.165) is 19.5 Å². The summed E-state index contributed by atoms with van der Waals surface area (Å²) in [6.45, 7) is 2.92. The number of thiophene rings is 1. The first-order valence-electron chi connectivity index (χ1n) is 6.36. The number of likely N-dealkylation sites (N-methyl/N-ethyl adjacent to an activating group) is 1. The normalized spacial score (nSPS) is 15.0. The van der Waals surface area contributed by atoms with Gasteiger partial charge in [-0.2, -0.15) is 0 Å². The van der Waals surface area contributed by atoms with Crippen LogP contribution in [-0.4, -0.2) is 47.4 Å². The van der Waals surface area contributed by atoms with Gasteiger partial charge in [0.2, 0.25) is 5.91 Å². The van der Waals surface area contributed by atoms with Crippen LogP contribution >= 0.6 is 23.6 Å². The van der Waals surface area contributed by atoms with Crippen LogP contribution < -0.4 is 5.73 Å². The number of thiocarbonyl (C=S) groups is 1. The van der Waals surface area contributed by atoms with Crippen LogP contribution in [0.5, 0.6) is 0 Å². The van der Waals surface area contributed by atoms with Gasteiger partial charge in [0, 0.05) is 38.0 Å². The molecule has 1 amide bonds. The first kappa shape index (κ1) is 14.4. The van der Waals surface area contributed by atoms with E-state index in [1.165, 1.54) is 10.4 Å². The van der Waals surface area contributed by atoms with Crippen LogP contribution in [-0.2, 0) is 17.8 Å². The second-order valence-electron chi connectivity index (χ2n) is 4.86. The van der Waals surface area contributed by atoms with Gasteiger partial charge in [0.25, 0.3) is 0 Å². The van der Waals surface area contributed by atoms with Crippen LogP contribution in [0.25, 0.3) is 0 Å². The third-order valence-electron chi connectivity index (χ3n) is 3.36. The number of hydrogen-bond donors (Lipinski definition) is 1. The van der Waals surface area contributed by atoms with E-state index in [4.69, 9.17) is 18.0 Å². The van der Waals surface area contributed by atoms with E-state index in [1.54, 1.807) is 11.9 Å². The largest absolute Gasteiger partial charge is 0.393 e. The second kappa shape index (κ2) is 6.45. The maximum atomic E-state index is 12.1. The number of carbonyl (C=O) groups is 1. The fourth-order valence-electron chi connectivity index (χ4n) is 2.16. The Morgan fingerprint density at radius 3 is 3.16 bits per heavy atom. The molecule has 0 aliphatic carbocycles. The molecule has 2 N–H and O–H groups in total. The predicted molar refractivity (Wildman–Crippen MR) is 82.3 cm³/mol. The van der Waals surface area contributed by atoms with Crippen molar-refractivity contribution < 1.29 is 4.79 Å². The molecule has 2 heterocycles. The van der Waals surface area contributed by atoms with Crippen LogP contribution in [0.3, 0.4) is 0 Å². The Morgan fingerprint density at radius 2 is 2.42 bits per heavy atom. The lowest BCUT2D eigenvalue weighted by Gasteiger charge is -2.28. The van der Waals surface area contributed by atoms with Gasteiger partial charge >= 0.3 is 0 Å². The number of rotatable bonds is 5. The van der Waals surface area contributed by atoms with Crippen LogP contribution in [0.1, 0.15) is 16.9 Å². The Morgan fingerprint density at radius 1 is 1.63 bits per heavy atom. The average molecular weight is 297 g/mol. The molecule has 0 aromatic carbocycles. The lowest BCUT2D eigenvalue weighted by molar-refractivity contribution is -0.131. The summed E-state index contributed by atoms with van der Waals surface area (Å²) in [6, 6.07) is 2.16. The Labute approximate surface area is 123 Å². The standard InChI is InChI=1S/C13H19N3OS2/c1-15(5-3-12(14)18)13(17)9-16-6-2-11-10(8-16)4-7-19-11/h4,7H,2-3,5-6,8-9H2,1H3,(H2,14,18). The minimum Gasteiger partial charge on any atom is -0.393 e. The van der Waals surface area contributed by atoms with Gasteiger partial charge in [0.05, 0.1) is 11.5 Å². The van der Waals surface area contributed by atoms with E-state index >= 15 is 0 Å². The first-order chi connectivity index (χ1) is 9.06. The van der Waals surface area contributed by atoms with Crippen LogP contribution in [0, 0.1) is 0 Å². The van der Waals surface area contributed by atoms with Gasteiger partial charge in [0.15, 0.2) is 0 Å². The first-order valence-corrected chi connectivity index (χ1v) is 7.65. The van der Waals surface area contributed by atoms with Crippen molar-refractivity contribution in [1.82, 2.24) is 9.80 Å². The maximum Gasteiger partial charge on any atom is 0.236 e. The molecule has 104 valence electrons. The highest BCUT2D eigenvalue weighted by atomic mass is 32.1.